The topological polar surface area (TPSA) is 32.3 Å². The van der Waals surface area contributed by atoms with Crippen LogP contribution >= 0.6 is 0 Å². The van der Waals surface area contributed by atoms with E-state index in [1.807, 2.05) is 27.7 Å². The molecule has 3 nitrogen and oxygen atoms in total. The van der Waals surface area contributed by atoms with E-state index in [0.717, 1.165) is 5.69 Å². The van der Waals surface area contributed by atoms with Gasteiger partial charge in [-0.1, -0.05) is 0 Å². The Bertz CT molecular complexity index is 483. The molecule has 1 amide bonds. The van der Waals surface area contributed by atoms with E-state index in [1.165, 1.54) is 12.1 Å². The van der Waals surface area contributed by atoms with Crippen molar-refractivity contribution in [1.29, 1.82) is 0 Å². The molecular formula is C14H19FN2O. The van der Waals surface area contributed by atoms with Crippen LogP contribution in [0.25, 0.3) is 0 Å². The molecule has 0 aromatic heterocycles. The largest absolute Gasteiger partial charge is 0.382 e. The predicted octanol–water partition coefficient (Wildman–Crippen LogP) is 3.02. The zero-order valence-corrected chi connectivity index (χ0v) is 11.2. The first kappa shape index (κ1) is 12.9. The molecular weight excluding hydrogens is 231 g/mol. The van der Waals surface area contributed by atoms with E-state index in [4.69, 9.17) is 0 Å². The zero-order valence-electron chi connectivity index (χ0n) is 11.2. The lowest BCUT2D eigenvalue weighted by Crippen LogP contribution is -2.45. The number of nitrogens with one attached hydrogen (secondary N) is 1. The van der Waals surface area contributed by atoms with E-state index < -0.39 is 5.41 Å². The van der Waals surface area contributed by atoms with Crippen LogP contribution in [0.15, 0.2) is 18.2 Å². The highest BCUT2D eigenvalue weighted by atomic mass is 19.1. The number of rotatable bonds is 1. The molecule has 1 aromatic carbocycles. The maximum atomic E-state index is 13.3. The number of anilines is 2. The SMILES string of the molecule is CC(C)N1C(=O)C(C)(C)CNc2cc(F)ccc21. The van der Waals surface area contributed by atoms with Gasteiger partial charge in [-0.05, 0) is 45.9 Å². The second-order valence-electron chi connectivity index (χ2n) is 5.67. The molecule has 2 rings (SSSR count). The van der Waals surface area contributed by atoms with E-state index in [9.17, 15) is 9.18 Å². The minimum absolute atomic E-state index is 0.0425. The van der Waals surface area contributed by atoms with Crippen LogP contribution in [-0.4, -0.2) is 18.5 Å². The molecule has 0 saturated carbocycles. The molecule has 0 radical (unpaired) electrons. The Hall–Kier alpha value is -1.58. The maximum absolute atomic E-state index is 13.3. The summed E-state index contributed by atoms with van der Waals surface area (Å²) in [6, 6.07) is 4.54. The molecule has 0 fully saturated rings. The Morgan fingerprint density at radius 1 is 1.39 bits per heavy atom. The van der Waals surface area contributed by atoms with Gasteiger partial charge in [-0.25, -0.2) is 4.39 Å². The molecule has 0 saturated heterocycles. The van der Waals surface area contributed by atoms with Crippen molar-refractivity contribution in [1.82, 2.24) is 0 Å². The molecule has 0 spiro atoms. The average molecular weight is 250 g/mol. The van der Waals surface area contributed by atoms with E-state index >= 15 is 0 Å². The van der Waals surface area contributed by atoms with Crippen molar-refractivity contribution < 1.29 is 9.18 Å². The van der Waals surface area contributed by atoms with E-state index in [-0.39, 0.29) is 17.8 Å². The summed E-state index contributed by atoms with van der Waals surface area (Å²) in [5.74, 6) is -0.229. The third-order valence-electron chi connectivity index (χ3n) is 3.25. The number of nitrogens with zero attached hydrogens (tertiary/aromatic N) is 1. The highest BCUT2D eigenvalue weighted by molar-refractivity contribution is 6.02. The van der Waals surface area contributed by atoms with Gasteiger partial charge in [0.25, 0.3) is 0 Å². The van der Waals surface area contributed by atoms with Crippen LogP contribution in [0.2, 0.25) is 0 Å². The molecule has 0 unspecified atom stereocenters. The first-order chi connectivity index (χ1) is 8.33. The summed E-state index contributed by atoms with van der Waals surface area (Å²) in [5, 5.41) is 3.17. The van der Waals surface area contributed by atoms with Gasteiger partial charge in [0.1, 0.15) is 5.82 Å². The zero-order chi connectivity index (χ0) is 13.5. The fraction of sp³-hybridized carbons (Fsp3) is 0.500. The summed E-state index contributed by atoms with van der Waals surface area (Å²) in [6.45, 7) is 8.24. The summed E-state index contributed by atoms with van der Waals surface area (Å²) in [7, 11) is 0. The average Bonchev–Trinajstić information content (AvgIpc) is 2.36. The molecule has 18 heavy (non-hydrogen) atoms. The number of amides is 1. The van der Waals surface area contributed by atoms with Crippen LogP contribution in [0.5, 0.6) is 0 Å². The molecule has 0 atom stereocenters. The Morgan fingerprint density at radius 2 is 2.06 bits per heavy atom. The molecule has 0 aliphatic carbocycles. The van der Waals surface area contributed by atoms with Gasteiger partial charge in [-0.3, -0.25) is 4.79 Å². The minimum atomic E-state index is -0.500. The Labute approximate surface area is 107 Å². The van der Waals surface area contributed by atoms with Crippen LogP contribution in [-0.2, 0) is 4.79 Å². The summed E-state index contributed by atoms with van der Waals surface area (Å²) < 4.78 is 13.3. The lowest BCUT2D eigenvalue weighted by molar-refractivity contribution is -0.126. The standard InChI is InChI=1S/C14H19FN2O/c1-9(2)17-12-6-5-10(15)7-11(12)16-8-14(3,4)13(17)18/h5-7,9,16H,8H2,1-4H3. The van der Waals surface area contributed by atoms with Gasteiger partial charge in [0, 0.05) is 12.6 Å². The molecule has 1 heterocycles. The highest BCUT2D eigenvalue weighted by Crippen LogP contribution is 2.36. The second kappa shape index (κ2) is 4.26. The lowest BCUT2D eigenvalue weighted by Gasteiger charge is -2.31. The van der Waals surface area contributed by atoms with Gasteiger partial charge in [0.15, 0.2) is 0 Å². The van der Waals surface area contributed by atoms with Crippen LogP contribution in [0.3, 0.4) is 0 Å². The van der Waals surface area contributed by atoms with Gasteiger partial charge in [0.05, 0.1) is 16.8 Å². The molecule has 4 heteroatoms. The van der Waals surface area contributed by atoms with Crippen molar-refractivity contribution in [3.63, 3.8) is 0 Å². The van der Waals surface area contributed by atoms with E-state index in [0.29, 0.717) is 12.2 Å². The quantitative estimate of drug-likeness (QED) is 0.831. The number of carbonyl (C=O) groups is 1. The Kier molecular flexibility index (Phi) is 3.05. The van der Waals surface area contributed by atoms with Crippen LogP contribution in [0, 0.1) is 11.2 Å². The monoisotopic (exact) mass is 250 g/mol. The summed E-state index contributed by atoms with van der Waals surface area (Å²) in [4.78, 5) is 14.3. The Balaban J connectivity index is 2.57. The van der Waals surface area contributed by atoms with Crippen LogP contribution < -0.4 is 10.2 Å². The van der Waals surface area contributed by atoms with Crippen molar-refractivity contribution in [2.45, 2.75) is 33.7 Å². The van der Waals surface area contributed by atoms with Crippen LogP contribution in [0.4, 0.5) is 15.8 Å². The van der Waals surface area contributed by atoms with Crippen molar-refractivity contribution in [3.8, 4) is 0 Å². The molecule has 1 aromatic rings. The van der Waals surface area contributed by atoms with Crippen molar-refractivity contribution >= 4 is 17.3 Å². The third-order valence-corrected chi connectivity index (χ3v) is 3.25. The number of carbonyl (C=O) groups excluding carboxylic acids is 1. The van der Waals surface area contributed by atoms with Gasteiger partial charge >= 0.3 is 0 Å². The second-order valence-corrected chi connectivity index (χ2v) is 5.67. The number of hydrogen-bond acceptors (Lipinski definition) is 2. The van der Waals surface area contributed by atoms with E-state index in [2.05, 4.69) is 5.32 Å². The summed E-state index contributed by atoms with van der Waals surface area (Å²) >= 11 is 0. The Morgan fingerprint density at radius 3 is 2.67 bits per heavy atom. The fourth-order valence-corrected chi connectivity index (χ4v) is 2.20. The summed E-state index contributed by atoms with van der Waals surface area (Å²) in [6.07, 6.45) is 0. The maximum Gasteiger partial charge on any atom is 0.234 e. The smallest absolute Gasteiger partial charge is 0.234 e. The minimum Gasteiger partial charge on any atom is -0.382 e. The lowest BCUT2D eigenvalue weighted by atomic mass is 9.91. The molecule has 1 aliphatic heterocycles. The van der Waals surface area contributed by atoms with Crippen molar-refractivity contribution in [2.24, 2.45) is 5.41 Å². The number of hydrogen-bond donors (Lipinski definition) is 1. The number of benzene rings is 1. The predicted molar refractivity (Wildman–Crippen MR) is 71.3 cm³/mol. The third kappa shape index (κ3) is 2.07. The fourth-order valence-electron chi connectivity index (χ4n) is 2.20. The van der Waals surface area contributed by atoms with Crippen molar-refractivity contribution in [3.05, 3.63) is 24.0 Å². The van der Waals surface area contributed by atoms with Gasteiger partial charge in [-0.15, -0.1) is 0 Å². The molecule has 98 valence electrons. The number of fused-ring (bicyclic) bond motifs is 1. The van der Waals surface area contributed by atoms with Crippen LogP contribution in [0.1, 0.15) is 27.7 Å². The summed E-state index contributed by atoms with van der Waals surface area (Å²) in [5.41, 5.74) is 0.935. The van der Waals surface area contributed by atoms with Gasteiger partial charge < -0.3 is 10.2 Å². The normalized spacial score (nSPS) is 18.3. The first-order valence-corrected chi connectivity index (χ1v) is 6.20. The highest BCUT2D eigenvalue weighted by Gasteiger charge is 2.37. The van der Waals surface area contributed by atoms with Gasteiger partial charge in [-0.2, -0.15) is 0 Å². The number of halogens is 1. The van der Waals surface area contributed by atoms with Gasteiger partial charge in [0.2, 0.25) is 5.91 Å². The molecule has 1 N–H and O–H groups in total. The van der Waals surface area contributed by atoms with Crippen molar-refractivity contribution in [2.75, 3.05) is 16.8 Å². The van der Waals surface area contributed by atoms with E-state index in [1.54, 1.807) is 11.0 Å². The molecule has 0 bridgehead atoms. The molecule has 1 aliphatic rings. The first-order valence-electron chi connectivity index (χ1n) is 6.20.